The first-order valence-corrected chi connectivity index (χ1v) is 8.20. The minimum atomic E-state index is 0.167. The van der Waals surface area contributed by atoms with Gasteiger partial charge in [0.25, 0.3) is 0 Å². The molecule has 0 radical (unpaired) electrons. The average molecular weight is 329 g/mol. The molecule has 2 heterocycles. The zero-order chi connectivity index (χ0) is 16.4. The van der Waals surface area contributed by atoms with Gasteiger partial charge < -0.3 is 14.8 Å². The van der Waals surface area contributed by atoms with Crippen LogP contribution >= 0.6 is 11.3 Å². The fraction of sp³-hybridized carbons (Fsp3) is 0.294. The predicted octanol–water partition coefficient (Wildman–Crippen LogP) is 4.19. The predicted molar refractivity (Wildman–Crippen MR) is 93.7 cm³/mol. The van der Waals surface area contributed by atoms with Gasteiger partial charge >= 0.3 is 0 Å². The van der Waals surface area contributed by atoms with E-state index in [2.05, 4.69) is 39.7 Å². The minimum absolute atomic E-state index is 0.167. The van der Waals surface area contributed by atoms with Crippen LogP contribution in [0.5, 0.6) is 11.5 Å². The number of rotatable bonds is 5. The Morgan fingerprint density at radius 1 is 1.13 bits per heavy atom. The van der Waals surface area contributed by atoms with E-state index in [4.69, 9.17) is 9.47 Å². The molecule has 0 fully saturated rings. The van der Waals surface area contributed by atoms with Crippen LogP contribution < -0.4 is 14.8 Å². The Labute approximate surface area is 139 Å². The molecule has 1 N–H and O–H groups in total. The van der Waals surface area contributed by atoms with Crippen molar-refractivity contribution >= 4 is 28.1 Å². The summed E-state index contributed by atoms with van der Waals surface area (Å²) in [5.74, 6) is 2.84. The van der Waals surface area contributed by atoms with Gasteiger partial charge in [-0.1, -0.05) is 6.07 Å². The number of nitrogens with zero attached hydrogens (tertiary/aromatic N) is 2. The maximum Gasteiger partial charge on any atom is 0.162 e. The molecular weight excluding hydrogens is 310 g/mol. The van der Waals surface area contributed by atoms with E-state index in [0.29, 0.717) is 17.3 Å². The van der Waals surface area contributed by atoms with Crippen LogP contribution in [-0.4, -0.2) is 24.2 Å². The summed E-state index contributed by atoms with van der Waals surface area (Å²) in [6, 6.07) is 8.12. The third-order valence-electron chi connectivity index (χ3n) is 3.64. The lowest BCUT2D eigenvalue weighted by Gasteiger charge is -2.16. The van der Waals surface area contributed by atoms with E-state index in [1.54, 1.807) is 25.6 Å². The van der Waals surface area contributed by atoms with Gasteiger partial charge in [-0.3, -0.25) is 0 Å². The lowest BCUT2D eigenvalue weighted by Crippen LogP contribution is -2.08. The van der Waals surface area contributed by atoms with Crippen molar-refractivity contribution in [1.29, 1.82) is 0 Å². The summed E-state index contributed by atoms with van der Waals surface area (Å²) in [6.07, 6.45) is 0. The van der Waals surface area contributed by atoms with E-state index >= 15 is 0 Å². The van der Waals surface area contributed by atoms with Crippen LogP contribution in [0.3, 0.4) is 0 Å². The SMILES string of the molecule is COc1cc2nc(C)nc(N[C@H](C)c3cccs3)c2cc1OC. The highest BCUT2D eigenvalue weighted by Gasteiger charge is 2.14. The summed E-state index contributed by atoms with van der Waals surface area (Å²) >= 11 is 1.72. The van der Waals surface area contributed by atoms with Gasteiger partial charge in [0.05, 0.1) is 25.8 Å². The van der Waals surface area contributed by atoms with E-state index in [-0.39, 0.29) is 6.04 Å². The lowest BCUT2D eigenvalue weighted by atomic mass is 10.2. The number of ether oxygens (including phenoxy) is 2. The van der Waals surface area contributed by atoms with Crippen LogP contribution in [0.1, 0.15) is 23.7 Å². The molecule has 1 atom stereocenters. The average Bonchev–Trinajstić information content (AvgIpc) is 3.08. The van der Waals surface area contributed by atoms with Gasteiger partial charge in [-0.15, -0.1) is 11.3 Å². The molecule has 3 aromatic rings. The van der Waals surface area contributed by atoms with Gasteiger partial charge in [-0.25, -0.2) is 9.97 Å². The standard InChI is InChI=1S/C17H19N3O2S/c1-10(16-6-5-7-23-16)18-17-12-8-14(21-3)15(22-4)9-13(12)19-11(2)20-17/h5-10H,1-4H3,(H,18,19,20)/t10-/m1/s1. The Hall–Kier alpha value is -2.34. The fourth-order valence-corrected chi connectivity index (χ4v) is 3.23. The number of benzene rings is 1. The molecule has 1 aromatic carbocycles. The second-order valence-corrected chi connectivity index (χ2v) is 6.20. The molecule has 3 rings (SSSR count). The van der Waals surface area contributed by atoms with Crippen molar-refractivity contribution in [3.8, 4) is 11.5 Å². The van der Waals surface area contributed by atoms with Crippen molar-refractivity contribution in [1.82, 2.24) is 9.97 Å². The Morgan fingerprint density at radius 2 is 1.87 bits per heavy atom. The lowest BCUT2D eigenvalue weighted by molar-refractivity contribution is 0.356. The van der Waals surface area contributed by atoms with Crippen LogP contribution in [0.25, 0.3) is 10.9 Å². The Morgan fingerprint density at radius 3 is 2.52 bits per heavy atom. The van der Waals surface area contributed by atoms with E-state index in [1.807, 2.05) is 19.1 Å². The molecule has 5 nitrogen and oxygen atoms in total. The third-order valence-corrected chi connectivity index (χ3v) is 4.69. The van der Waals surface area contributed by atoms with E-state index < -0.39 is 0 Å². The van der Waals surface area contributed by atoms with Crippen molar-refractivity contribution in [2.24, 2.45) is 0 Å². The summed E-state index contributed by atoms with van der Waals surface area (Å²) in [6.45, 7) is 4.01. The molecule has 0 aliphatic carbocycles. The number of hydrogen-bond acceptors (Lipinski definition) is 6. The van der Waals surface area contributed by atoms with Crippen molar-refractivity contribution in [2.75, 3.05) is 19.5 Å². The number of aryl methyl sites for hydroxylation is 1. The quantitative estimate of drug-likeness (QED) is 0.760. The minimum Gasteiger partial charge on any atom is -0.493 e. The largest absolute Gasteiger partial charge is 0.493 e. The van der Waals surface area contributed by atoms with Gasteiger partial charge in [0.2, 0.25) is 0 Å². The first-order valence-electron chi connectivity index (χ1n) is 7.32. The Bertz CT molecular complexity index is 818. The van der Waals surface area contributed by atoms with Gasteiger partial charge in [-0.05, 0) is 31.4 Å². The van der Waals surface area contributed by atoms with Gasteiger partial charge in [-0.2, -0.15) is 0 Å². The summed E-state index contributed by atoms with van der Waals surface area (Å²) < 4.78 is 10.8. The zero-order valence-electron chi connectivity index (χ0n) is 13.6. The van der Waals surface area contributed by atoms with Gasteiger partial charge in [0, 0.05) is 16.3 Å². The van der Waals surface area contributed by atoms with Crippen LogP contribution in [0.15, 0.2) is 29.6 Å². The highest BCUT2D eigenvalue weighted by molar-refractivity contribution is 7.10. The smallest absolute Gasteiger partial charge is 0.162 e. The monoisotopic (exact) mass is 329 g/mol. The molecule has 23 heavy (non-hydrogen) atoms. The van der Waals surface area contributed by atoms with E-state index in [1.165, 1.54) is 4.88 Å². The number of anilines is 1. The first kappa shape index (κ1) is 15.6. The second kappa shape index (κ2) is 6.42. The summed E-state index contributed by atoms with van der Waals surface area (Å²) in [5.41, 5.74) is 0.830. The molecule has 0 aliphatic heterocycles. The molecule has 0 saturated carbocycles. The second-order valence-electron chi connectivity index (χ2n) is 5.23. The molecule has 0 unspecified atom stereocenters. The van der Waals surface area contributed by atoms with E-state index in [0.717, 1.165) is 16.7 Å². The zero-order valence-corrected chi connectivity index (χ0v) is 14.4. The van der Waals surface area contributed by atoms with E-state index in [9.17, 15) is 0 Å². The van der Waals surface area contributed by atoms with Crippen molar-refractivity contribution in [3.63, 3.8) is 0 Å². The number of methoxy groups -OCH3 is 2. The van der Waals surface area contributed by atoms with Crippen molar-refractivity contribution < 1.29 is 9.47 Å². The normalized spacial score (nSPS) is 12.2. The third kappa shape index (κ3) is 3.07. The summed E-state index contributed by atoms with van der Waals surface area (Å²) in [5, 5.41) is 6.47. The maximum atomic E-state index is 5.40. The van der Waals surface area contributed by atoms with Crippen molar-refractivity contribution in [3.05, 3.63) is 40.3 Å². The van der Waals surface area contributed by atoms with Crippen LogP contribution in [0, 0.1) is 6.92 Å². The summed E-state index contributed by atoms with van der Waals surface area (Å²) in [4.78, 5) is 10.3. The van der Waals surface area contributed by atoms with Crippen LogP contribution in [0.2, 0.25) is 0 Å². The van der Waals surface area contributed by atoms with Gasteiger partial charge in [0.1, 0.15) is 11.6 Å². The molecule has 6 heteroatoms. The van der Waals surface area contributed by atoms with Crippen molar-refractivity contribution in [2.45, 2.75) is 19.9 Å². The molecule has 2 aromatic heterocycles. The first-order chi connectivity index (χ1) is 11.1. The maximum absolute atomic E-state index is 5.40. The highest BCUT2D eigenvalue weighted by atomic mass is 32.1. The molecule has 0 aliphatic rings. The number of hydrogen-bond donors (Lipinski definition) is 1. The fourth-order valence-electron chi connectivity index (χ4n) is 2.50. The molecule has 120 valence electrons. The summed E-state index contributed by atoms with van der Waals surface area (Å²) in [7, 11) is 3.25. The topological polar surface area (TPSA) is 56.3 Å². The molecule has 0 saturated heterocycles. The number of nitrogens with one attached hydrogen (secondary N) is 1. The van der Waals surface area contributed by atoms with Crippen LogP contribution in [-0.2, 0) is 0 Å². The number of thiophene rings is 1. The molecule has 0 amide bonds. The number of aromatic nitrogens is 2. The number of fused-ring (bicyclic) bond motifs is 1. The molecular formula is C17H19N3O2S. The Kier molecular flexibility index (Phi) is 4.34. The van der Waals surface area contributed by atoms with Gasteiger partial charge in [0.15, 0.2) is 11.5 Å². The highest BCUT2D eigenvalue weighted by Crippen LogP contribution is 2.35. The Balaban J connectivity index is 2.08. The van der Waals surface area contributed by atoms with Crippen LogP contribution in [0.4, 0.5) is 5.82 Å². The molecule has 0 spiro atoms. The molecule has 0 bridgehead atoms.